The molecule has 2 N–H and O–H groups in total. The molecule has 78 valence electrons. The summed E-state index contributed by atoms with van der Waals surface area (Å²) in [5.41, 5.74) is 6.96. The molecule has 1 atom stereocenters. The molecule has 0 radical (unpaired) electrons. The summed E-state index contributed by atoms with van der Waals surface area (Å²) < 4.78 is 5.23. The Morgan fingerprint density at radius 1 is 1.50 bits per heavy atom. The average molecular weight is 214 g/mol. The smallest absolute Gasteiger partial charge is 0.140 e. The minimum absolute atomic E-state index is 0.169. The van der Waals surface area contributed by atoms with Gasteiger partial charge in [-0.2, -0.15) is 0 Å². The van der Waals surface area contributed by atoms with E-state index in [0.717, 1.165) is 24.2 Å². The molecule has 2 nitrogen and oxygen atoms in total. The molecule has 0 aliphatic carbocycles. The molecule has 1 aromatic carbocycles. The van der Waals surface area contributed by atoms with Crippen molar-refractivity contribution in [3.63, 3.8) is 0 Å². The maximum absolute atomic E-state index is 5.99. The molecule has 0 heterocycles. The summed E-state index contributed by atoms with van der Waals surface area (Å²) in [5, 5.41) is 0.647. The van der Waals surface area contributed by atoms with Crippen LogP contribution < -0.4 is 10.5 Å². The van der Waals surface area contributed by atoms with Crippen molar-refractivity contribution in [3.8, 4) is 5.75 Å². The Morgan fingerprint density at radius 2 is 2.21 bits per heavy atom. The third-order valence-electron chi connectivity index (χ3n) is 2.26. The fourth-order valence-electron chi connectivity index (χ4n) is 1.37. The van der Waals surface area contributed by atoms with E-state index in [4.69, 9.17) is 22.1 Å². The highest BCUT2D eigenvalue weighted by atomic mass is 35.5. The molecular weight excluding hydrogens is 198 g/mol. The van der Waals surface area contributed by atoms with E-state index >= 15 is 0 Å². The standard InChI is InChI=1S/C11H16ClNO/c1-3-9(13)7-8-5-4-6-10(12)11(8)14-2/h4-6,9H,3,7,13H2,1-2H3. The number of nitrogens with two attached hydrogens (primary N) is 1. The lowest BCUT2D eigenvalue weighted by atomic mass is 10.0. The monoisotopic (exact) mass is 213 g/mol. The Balaban J connectivity index is 2.90. The Kier molecular flexibility index (Phi) is 4.23. The van der Waals surface area contributed by atoms with Crippen LogP contribution in [0.1, 0.15) is 18.9 Å². The van der Waals surface area contributed by atoms with Gasteiger partial charge in [-0.3, -0.25) is 0 Å². The van der Waals surface area contributed by atoms with Gasteiger partial charge in [-0.25, -0.2) is 0 Å². The van der Waals surface area contributed by atoms with E-state index in [1.165, 1.54) is 0 Å². The number of benzene rings is 1. The van der Waals surface area contributed by atoms with Crippen LogP contribution in [-0.4, -0.2) is 13.2 Å². The van der Waals surface area contributed by atoms with Crippen LogP contribution in [0.5, 0.6) is 5.75 Å². The third-order valence-corrected chi connectivity index (χ3v) is 2.56. The first-order valence-electron chi connectivity index (χ1n) is 4.76. The fourth-order valence-corrected chi connectivity index (χ4v) is 1.64. The second-order valence-corrected chi connectivity index (χ2v) is 3.71. The summed E-state index contributed by atoms with van der Waals surface area (Å²) in [7, 11) is 1.63. The summed E-state index contributed by atoms with van der Waals surface area (Å²) in [6.45, 7) is 2.07. The van der Waals surface area contributed by atoms with Crippen LogP contribution in [0.4, 0.5) is 0 Å². The number of para-hydroxylation sites is 1. The Bertz CT molecular complexity index is 301. The van der Waals surface area contributed by atoms with Gasteiger partial charge >= 0.3 is 0 Å². The predicted molar refractivity (Wildman–Crippen MR) is 60.0 cm³/mol. The Morgan fingerprint density at radius 3 is 2.79 bits per heavy atom. The van der Waals surface area contributed by atoms with Crippen molar-refractivity contribution < 1.29 is 4.74 Å². The van der Waals surface area contributed by atoms with Crippen molar-refractivity contribution in [2.45, 2.75) is 25.8 Å². The molecule has 0 bridgehead atoms. The molecule has 0 amide bonds. The zero-order chi connectivity index (χ0) is 10.6. The number of hydrogen-bond donors (Lipinski definition) is 1. The SMILES string of the molecule is CCC(N)Cc1cccc(Cl)c1OC. The summed E-state index contributed by atoms with van der Waals surface area (Å²) in [6, 6.07) is 5.91. The highest BCUT2D eigenvalue weighted by Gasteiger charge is 2.09. The highest BCUT2D eigenvalue weighted by Crippen LogP contribution is 2.29. The second-order valence-electron chi connectivity index (χ2n) is 3.30. The number of rotatable bonds is 4. The van der Waals surface area contributed by atoms with Crippen LogP contribution >= 0.6 is 11.6 Å². The summed E-state index contributed by atoms with van der Waals surface area (Å²) in [5.74, 6) is 0.748. The van der Waals surface area contributed by atoms with Gasteiger partial charge in [0.1, 0.15) is 5.75 Å². The maximum Gasteiger partial charge on any atom is 0.140 e. The molecule has 3 heteroatoms. The van der Waals surface area contributed by atoms with Gasteiger partial charge in [0.2, 0.25) is 0 Å². The van der Waals surface area contributed by atoms with Crippen molar-refractivity contribution in [2.24, 2.45) is 5.73 Å². The van der Waals surface area contributed by atoms with Gasteiger partial charge in [0.25, 0.3) is 0 Å². The molecule has 14 heavy (non-hydrogen) atoms. The minimum atomic E-state index is 0.169. The predicted octanol–water partition coefficient (Wildman–Crippen LogP) is 2.63. The maximum atomic E-state index is 5.99. The Labute approximate surface area is 90.0 Å². The van der Waals surface area contributed by atoms with Crippen molar-refractivity contribution in [3.05, 3.63) is 28.8 Å². The van der Waals surface area contributed by atoms with Crippen LogP contribution in [0.3, 0.4) is 0 Å². The zero-order valence-electron chi connectivity index (χ0n) is 8.59. The normalized spacial score (nSPS) is 12.6. The van der Waals surface area contributed by atoms with Crippen molar-refractivity contribution in [1.29, 1.82) is 0 Å². The van der Waals surface area contributed by atoms with Crippen molar-refractivity contribution in [2.75, 3.05) is 7.11 Å². The summed E-state index contributed by atoms with van der Waals surface area (Å²) in [6.07, 6.45) is 1.76. The van der Waals surface area contributed by atoms with E-state index in [1.54, 1.807) is 7.11 Å². The first-order chi connectivity index (χ1) is 6.69. The van der Waals surface area contributed by atoms with E-state index < -0.39 is 0 Å². The molecule has 0 saturated heterocycles. The minimum Gasteiger partial charge on any atom is -0.495 e. The highest BCUT2D eigenvalue weighted by molar-refractivity contribution is 6.32. The number of halogens is 1. The molecular formula is C11H16ClNO. The lowest BCUT2D eigenvalue weighted by molar-refractivity contribution is 0.408. The largest absolute Gasteiger partial charge is 0.495 e. The molecule has 0 saturated carbocycles. The first-order valence-corrected chi connectivity index (χ1v) is 5.13. The molecule has 1 unspecified atom stereocenters. The second kappa shape index (κ2) is 5.23. The topological polar surface area (TPSA) is 35.2 Å². The quantitative estimate of drug-likeness (QED) is 0.835. The molecule has 0 aromatic heterocycles. The van der Waals surface area contributed by atoms with E-state index in [2.05, 4.69) is 6.92 Å². The molecule has 0 aliphatic heterocycles. The molecule has 0 spiro atoms. The summed E-state index contributed by atoms with van der Waals surface area (Å²) >= 11 is 5.99. The third kappa shape index (κ3) is 2.63. The lowest BCUT2D eigenvalue weighted by Crippen LogP contribution is -2.21. The van der Waals surface area contributed by atoms with Gasteiger partial charge < -0.3 is 10.5 Å². The molecule has 1 aromatic rings. The van der Waals surface area contributed by atoms with Crippen LogP contribution in [0.2, 0.25) is 5.02 Å². The molecule has 0 aliphatic rings. The number of ether oxygens (including phenoxy) is 1. The van der Waals surface area contributed by atoms with Gasteiger partial charge in [0.05, 0.1) is 12.1 Å². The number of methoxy groups -OCH3 is 1. The van der Waals surface area contributed by atoms with Crippen LogP contribution in [0.25, 0.3) is 0 Å². The lowest BCUT2D eigenvalue weighted by Gasteiger charge is -2.13. The van der Waals surface area contributed by atoms with Crippen molar-refractivity contribution in [1.82, 2.24) is 0 Å². The molecule has 0 fully saturated rings. The van der Waals surface area contributed by atoms with Gasteiger partial charge in [-0.15, -0.1) is 0 Å². The van der Waals surface area contributed by atoms with E-state index in [-0.39, 0.29) is 6.04 Å². The fraction of sp³-hybridized carbons (Fsp3) is 0.455. The van der Waals surface area contributed by atoms with E-state index in [0.29, 0.717) is 5.02 Å². The van der Waals surface area contributed by atoms with Gasteiger partial charge in [0.15, 0.2) is 0 Å². The van der Waals surface area contributed by atoms with Gasteiger partial charge in [-0.1, -0.05) is 30.7 Å². The van der Waals surface area contributed by atoms with Crippen LogP contribution in [0, 0.1) is 0 Å². The van der Waals surface area contributed by atoms with E-state index in [1.807, 2.05) is 18.2 Å². The summed E-state index contributed by atoms with van der Waals surface area (Å²) in [4.78, 5) is 0. The number of hydrogen-bond acceptors (Lipinski definition) is 2. The first kappa shape index (κ1) is 11.3. The van der Waals surface area contributed by atoms with Crippen molar-refractivity contribution >= 4 is 11.6 Å². The van der Waals surface area contributed by atoms with Crippen LogP contribution in [0.15, 0.2) is 18.2 Å². The van der Waals surface area contributed by atoms with Gasteiger partial charge in [-0.05, 0) is 24.5 Å². The van der Waals surface area contributed by atoms with Crippen LogP contribution in [-0.2, 0) is 6.42 Å². The molecule has 1 rings (SSSR count). The average Bonchev–Trinajstić information content (AvgIpc) is 2.18. The van der Waals surface area contributed by atoms with E-state index in [9.17, 15) is 0 Å². The Hall–Kier alpha value is -0.730. The zero-order valence-corrected chi connectivity index (χ0v) is 9.34. The van der Waals surface area contributed by atoms with Gasteiger partial charge in [0, 0.05) is 6.04 Å².